The summed E-state index contributed by atoms with van der Waals surface area (Å²) in [6, 6.07) is 6.30. The monoisotopic (exact) mass is 441 g/mol. The number of nitrogens with one attached hydrogen (secondary N) is 3. The molecule has 0 saturated heterocycles. The number of esters is 1. The molecule has 1 aliphatic rings. The molecule has 2 amide bonds. The van der Waals surface area contributed by atoms with Gasteiger partial charge in [0.25, 0.3) is 0 Å². The number of amides is 2. The Morgan fingerprint density at radius 2 is 1.78 bits per heavy atom. The molecule has 2 aromatic rings. The molecule has 0 radical (unpaired) electrons. The number of carbonyl (C=O) groups excluding carboxylic acids is 3. The van der Waals surface area contributed by atoms with E-state index in [0.717, 1.165) is 42.1 Å². The van der Waals surface area contributed by atoms with E-state index >= 15 is 0 Å². The molecule has 0 spiro atoms. The molecule has 3 rings (SSSR count). The maximum Gasteiger partial charge on any atom is 0.328 e. The quantitative estimate of drug-likeness (QED) is 0.547. The zero-order valence-corrected chi connectivity index (χ0v) is 19.4. The first kappa shape index (κ1) is 23.8. The zero-order chi connectivity index (χ0) is 23.3. The van der Waals surface area contributed by atoms with Gasteiger partial charge in [-0.3, -0.25) is 9.59 Å². The van der Waals surface area contributed by atoms with E-state index in [2.05, 4.69) is 22.5 Å². The molecule has 32 heavy (non-hydrogen) atoms. The first-order valence-corrected chi connectivity index (χ1v) is 11.5. The lowest BCUT2D eigenvalue weighted by Gasteiger charge is -2.28. The minimum absolute atomic E-state index is 0.0778. The highest BCUT2D eigenvalue weighted by molar-refractivity contribution is 5.92. The van der Waals surface area contributed by atoms with E-state index in [4.69, 9.17) is 4.74 Å². The molecule has 0 aliphatic heterocycles. The van der Waals surface area contributed by atoms with E-state index in [1.807, 2.05) is 44.3 Å². The van der Waals surface area contributed by atoms with E-state index in [9.17, 15) is 14.4 Å². The van der Waals surface area contributed by atoms with Gasteiger partial charge < -0.3 is 20.4 Å². The van der Waals surface area contributed by atoms with Crippen LogP contribution in [0.15, 0.2) is 30.5 Å². The normalized spacial score (nSPS) is 20.5. The highest BCUT2D eigenvalue weighted by Crippen LogP contribution is 2.28. The molecular formula is C25H35N3O4. The summed E-state index contributed by atoms with van der Waals surface area (Å²) < 4.78 is 4.86. The number of hydrogen-bond acceptors (Lipinski definition) is 4. The van der Waals surface area contributed by atoms with Crippen LogP contribution in [-0.2, 0) is 25.5 Å². The Balaban J connectivity index is 1.80. The number of hydrogen-bond donors (Lipinski definition) is 3. The Labute approximate surface area is 189 Å². The highest BCUT2D eigenvalue weighted by atomic mass is 16.5. The number of H-pyrrole nitrogens is 1. The molecule has 7 heteroatoms. The molecule has 0 unspecified atom stereocenters. The van der Waals surface area contributed by atoms with Gasteiger partial charge in [0, 0.05) is 29.4 Å². The molecular weight excluding hydrogens is 406 g/mol. The predicted octanol–water partition coefficient (Wildman–Crippen LogP) is 3.34. The smallest absolute Gasteiger partial charge is 0.328 e. The van der Waals surface area contributed by atoms with Crippen molar-refractivity contribution in [3.63, 3.8) is 0 Å². The summed E-state index contributed by atoms with van der Waals surface area (Å²) >= 11 is 0. The van der Waals surface area contributed by atoms with Crippen molar-refractivity contribution >= 4 is 28.7 Å². The molecule has 174 valence electrons. The number of aromatic amines is 1. The Kier molecular flexibility index (Phi) is 7.94. The SMILES string of the molecule is COC(=O)[C@H](NC(=O)[C@@H](Cc1c[nH]c2ccccc12)NC(=O)C1CCC(C)CC1)C(C)C. The summed E-state index contributed by atoms with van der Waals surface area (Å²) in [6.45, 7) is 5.90. The summed E-state index contributed by atoms with van der Waals surface area (Å²) in [5.74, 6) is -0.544. The molecule has 1 aromatic heterocycles. The summed E-state index contributed by atoms with van der Waals surface area (Å²) in [6.07, 6.45) is 5.93. The molecule has 7 nitrogen and oxygen atoms in total. The first-order valence-electron chi connectivity index (χ1n) is 11.5. The van der Waals surface area contributed by atoms with Crippen molar-refractivity contribution in [2.75, 3.05) is 7.11 Å². The van der Waals surface area contributed by atoms with Crippen molar-refractivity contribution in [2.24, 2.45) is 17.8 Å². The van der Waals surface area contributed by atoms with Crippen LogP contribution in [0.3, 0.4) is 0 Å². The maximum atomic E-state index is 13.3. The fourth-order valence-corrected chi connectivity index (χ4v) is 4.42. The van der Waals surface area contributed by atoms with Crippen LogP contribution < -0.4 is 10.6 Å². The van der Waals surface area contributed by atoms with Crippen LogP contribution in [0.5, 0.6) is 0 Å². The van der Waals surface area contributed by atoms with Crippen molar-refractivity contribution in [3.8, 4) is 0 Å². The topological polar surface area (TPSA) is 100 Å². The van der Waals surface area contributed by atoms with Crippen molar-refractivity contribution in [1.82, 2.24) is 15.6 Å². The third kappa shape index (κ3) is 5.69. The molecule has 2 atom stereocenters. The second-order valence-electron chi connectivity index (χ2n) is 9.34. The standard InChI is InChI=1S/C25H35N3O4/c1-15(2)22(25(31)32-4)28-24(30)21(27-23(29)17-11-9-16(3)10-12-17)13-18-14-26-20-8-6-5-7-19(18)20/h5-8,14-17,21-22,26H,9-13H2,1-4H3,(H,27,29)(H,28,30)/t16?,17?,21-,22-/m1/s1. The summed E-state index contributed by atoms with van der Waals surface area (Å²) in [5, 5.41) is 6.81. The average molecular weight is 442 g/mol. The minimum Gasteiger partial charge on any atom is -0.467 e. The zero-order valence-electron chi connectivity index (χ0n) is 19.4. The van der Waals surface area contributed by atoms with Crippen LogP contribution in [0.1, 0.15) is 52.0 Å². The van der Waals surface area contributed by atoms with Gasteiger partial charge in [-0.05, 0) is 49.1 Å². The largest absolute Gasteiger partial charge is 0.467 e. The lowest BCUT2D eigenvalue weighted by molar-refractivity contribution is -0.146. The van der Waals surface area contributed by atoms with Gasteiger partial charge in [-0.15, -0.1) is 0 Å². The van der Waals surface area contributed by atoms with E-state index in [0.29, 0.717) is 12.3 Å². The van der Waals surface area contributed by atoms with E-state index in [1.54, 1.807) is 0 Å². The second-order valence-corrected chi connectivity index (χ2v) is 9.34. The van der Waals surface area contributed by atoms with Gasteiger partial charge in [0.15, 0.2) is 0 Å². The van der Waals surface area contributed by atoms with Gasteiger partial charge in [-0.25, -0.2) is 4.79 Å². The fourth-order valence-electron chi connectivity index (χ4n) is 4.42. The Morgan fingerprint density at radius 1 is 1.09 bits per heavy atom. The molecule has 1 saturated carbocycles. The molecule has 1 fully saturated rings. The Hall–Kier alpha value is -2.83. The summed E-state index contributed by atoms with van der Waals surface area (Å²) in [7, 11) is 1.30. The number of methoxy groups -OCH3 is 1. The van der Waals surface area contributed by atoms with Crippen molar-refractivity contribution in [3.05, 3.63) is 36.0 Å². The van der Waals surface area contributed by atoms with Gasteiger partial charge in [0.2, 0.25) is 11.8 Å². The van der Waals surface area contributed by atoms with Crippen LogP contribution in [-0.4, -0.2) is 42.0 Å². The number of rotatable bonds is 8. The lowest BCUT2D eigenvalue weighted by atomic mass is 9.82. The van der Waals surface area contributed by atoms with Gasteiger partial charge in [0.1, 0.15) is 12.1 Å². The number of carbonyl (C=O) groups is 3. The number of fused-ring (bicyclic) bond motifs is 1. The van der Waals surface area contributed by atoms with Crippen LogP contribution in [0, 0.1) is 17.8 Å². The second kappa shape index (κ2) is 10.7. The Morgan fingerprint density at radius 3 is 2.44 bits per heavy atom. The van der Waals surface area contributed by atoms with Gasteiger partial charge in [0.05, 0.1) is 7.11 Å². The van der Waals surface area contributed by atoms with Gasteiger partial charge in [-0.1, -0.05) is 39.0 Å². The van der Waals surface area contributed by atoms with E-state index in [-0.39, 0.29) is 23.7 Å². The number of para-hydroxylation sites is 1. The lowest BCUT2D eigenvalue weighted by Crippen LogP contribution is -2.55. The molecule has 1 aliphatic carbocycles. The first-order chi connectivity index (χ1) is 15.3. The number of aromatic nitrogens is 1. The third-order valence-corrected chi connectivity index (χ3v) is 6.54. The van der Waals surface area contributed by atoms with Crippen LogP contribution >= 0.6 is 0 Å². The van der Waals surface area contributed by atoms with E-state index in [1.165, 1.54) is 7.11 Å². The molecule has 1 heterocycles. The summed E-state index contributed by atoms with van der Waals surface area (Å²) in [4.78, 5) is 41.7. The summed E-state index contributed by atoms with van der Waals surface area (Å²) in [5.41, 5.74) is 1.92. The average Bonchev–Trinajstić information content (AvgIpc) is 3.19. The third-order valence-electron chi connectivity index (χ3n) is 6.54. The van der Waals surface area contributed by atoms with Gasteiger partial charge in [-0.2, -0.15) is 0 Å². The predicted molar refractivity (Wildman–Crippen MR) is 124 cm³/mol. The molecule has 0 bridgehead atoms. The van der Waals surface area contributed by atoms with Crippen LogP contribution in [0.4, 0.5) is 0 Å². The van der Waals surface area contributed by atoms with Crippen molar-refractivity contribution in [2.45, 2.75) is 65.0 Å². The van der Waals surface area contributed by atoms with Gasteiger partial charge >= 0.3 is 5.97 Å². The van der Waals surface area contributed by atoms with Crippen LogP contribution in [0.2, 0.25) is 0 Å². The Bertz CT molecular complexity index is 944. The molecule has 1 aromatic carbocycles. The fraction of sp³-hybridized carbons (Fsp3) is 0.560. The molecule has 3 N–H and O–H groups in total. The van der Waals surface area contributed by atoms with E-state index < -0.39 is 18.1 Å². The minimum atomic E-state index is -0.785. The van der Waals surface area contributed by atoms with Crippen molar-refractivity contribution < 1.29 is 19.1 Å². The number of benzene rings is 1. The number of ether oxygens (including phenoxy) is 1. The maximum absolute atomic E-state index is 13.3. The van der Waals surface area contributed by atoms with Crippen molar-refractivity contribution in [1.29, 1.82) is 0 Å². The van der Waals surface area contributed by atoms with Crippen LogP contribution in [0.25, 0.3) is 10.9 Å². The highest BCUT2D eigenvalue weighted by Gasteiger charge is 2.32.